The molecule has 2 saturated heterocycles. The molecule has 22 heavy (non-hydrogen) atoms. The Kier molecular flexibility index (Phi) is 3.83. The second-order valence-corrected chi connectivity index (χ2v) is 7.37. The Balaban J connectivity index is 2.39. The van der Waals surface area contributed by atoms with E-state index >= 15 is 0 Å². The van der Waals surface area contributed by atoms with E-state index in [1.165, 1.54) is 0 Å². The van der Waals surface area contributed by atoms with Gasteiger partial charge in [0.15, 0.2) is 5.79 Å². The van der Waals surface area contributed by atoms with E-state index in [1.54, 1.807) is 0 Å². The first kappa shape index (κ1) is 17.2. The van der Waals surface area contributed by atoms with Crippen molar-refractivity contribution in [1.82, 2.24) is 5.32 Å². The Morgan fingerprint density at radius 3 is 2.14 bits per heavy atom. The Morgan fingerprint density at radius 1 is 1.14 bits per heavy atom. The Hall–Kier alpha value is -1.18. The second kappa shape index (κ2) is 4.91. The van der Waals surface area contributed by atoms with Crippen molar-refractivity contribution in [2.75, 3.05) is 6.54 Å². The minimum absolute atomic E-state index is 0.196. The molecule has 1 spiro atoms. The van der Waals surface area contributed by atoms with Crippen LogP contribution in [0.3, 0.4) is 0 Å². The monoisotopic (exact) mass is 315 g/mol. The first-order chi connectivity index (χ1) is 9.89. The molecule has 3 N–H and O–H groups in total. The summed E-state index contributed by atoms with van der Waals surface area (Å²) in [5.74, 6) is -4.07. The van der Waals surface area contributed by atoms with Crippen LogP contribution < -0.4 is 5.32 Å². The number of hydrogen-bond acceptors (Lipinski definition) is 5. The molecule has 7 heteroatoms. The largest absolute Gasteiger partial charge is 0.479 e. The van der Waals surface area contributed by atoms with Crippen LogP contribution in [-0.4, -0.2) is 51.7 Å². The van der Waals surface area contributed by atoms with Crippen molar-refractivity contribution in [2.24, 2.45) is 5.41 Å². The first-order valence-corrected chi connectivity index (χ1v) is 7.48. The van der Waals surface area contributed by atoms with Crippen LogP contribution in [0.15, 0.2) is 0 Å². The fourth-order valence-electron chi connectivity index (χ4n) is 3.18. The van der Waals surface area contributed by atoms with Crippen LogP contribution in [0.4, 0.5) is 0 Å². The zero-order valence-corrected chi connectivity index (χ0v) is 13.7. The number of ether oxygens (including phenoxy) is 2. The van der Waals surface area contributed by atoms with E-state index in [0.717, 1.165) is 0 Å². The fourth-order valence-corrected chi connectivity index (χ4v) is 3.18. The van der Waals surface area contributed by atoms with Gasteiger partial charge in [-0.3, -0.25) is 5.32 Å². The highest BCUT2D eigenvalue weighted by Gasteiger charge is 2.62. The lowest BCUT2D eigenvalue weighted by Gasteiger charge is -2.59. The average Bonchev–Trinajstić information content (AvgIpc) is 2.35. The van der Waals surface area contributed by atoms with Gasteiger partial charge in [-0.25, -0.2) is 9.59 Å². The zero-order valence-electron chi connectivity index (χ0n) is 13.7. The number of carboxylic acids is 2. The van der Waals surface area contributed by atoms with Gasteiger partial charge in [0, 0.05) is 24.8 Å². The van der Waals surface area contributed by atoms with Gasteiger partial charge in [-0.1, -0.05) is 13.8 Å². The Bertz CT molecular complexity index is 486. The number of hydrogen-bond donors (Lipinski definition) is 3. The molecular weight excluding hydrogens is 290 g/mol. The predicted octanol–water partition coefficient (Wildman–Crippen LogP) is 1.21. The third-order valence-corrected chi connectivity index (χ3v) is 5.60. The zero-order chi connectivity index (χ0) is 17.0. The first-order valence-electron chi connectivity index (χ1n) is 7.48. The van der Waals surface area contributed by atoms with Crippen molar-refractivity contribution in [3.8, 4) is 0 Å². The molecule has 0 bridgehead atoms. The van der Waals surface area contributed by atoms with Crippen LogP contribution in [0, 0.1) is 5.41 Å². The topological polar surface area (TPSA) is 105 Å². The number of aliphatic carboxylic acids is 2. The molecular formula is C15H25NO6. The van der Waals surface area contributed by atoms with Gasteiger partial charge >= 0.3 is 11.9 Å². The average molecular weight is 315 g/mol. The van der Waals surface area contributed by atoms with Crippen LogP contribution in [0.1, 0.15) is 47.5 Å². The normalized spacial score (nSPS) is 36.0. The standard InChI is InChI=1S/C15H25NO6/c1-9-12(2,3)13(4,5)22-14(21-9)6-7-16-15(8-14,10(17)18)11(19)20/h9,16H,6-8H2,1-5H3,(H,17,18)(H,19,20). The van der Waals surface area contributed by atoms with Crippen LogP contribution in [-0.2, 0) is 19.1 Å². The molecule has 0 saturated carbocycles. The summed E-state index contributed by atoms with van der Waals surface area (Å²) in [7, 11) is 0. The van der Waals surface area contributed by atoms with Gasteiger partial charge in [0.2, 0.25) is 5.54 Å². The smallest absolute Gasteiger partial charge is 0.335 e. The summed E-state index contributed by atoms with van der Waals surface area (Å²) in [4.78, 5) is 23.1. The molecule has 0 aromatic heterocycles. The van der Waals surface area contributed by atoms with Gasteiger partial charge in [0.1, 0.15) is 0 Å². The number of piperidine rings is 1. The van der Waals surface area contributed by atoms with E-state index < -0.39 is 28.9 Å². The SMILES string of the molecule is CC1OC2(CCNC(C(=O)O)(C(=O)O)C2)OC(C)(C)C1(C)C. The maximum Gasteiger partial charge on any atom is 0.335 e. The summed E-state index contributed by atoms with van der Waals surface area (Å²) in [5, 5.41) is 21.4. The number of nitrogens with one attached hydrogen (secondary N) is 1. The van der Waals surface area contributed by atoms with Crippen molar-refractivity contribution >= 4 is 11.9 Å². The lowest BCUT2D eigenvalue weighted by atomic mass is 9.70. The summed E-state index contributed by atoms with van der Waals surface area (Å²) < 4.78 is 12.2. The number of carboxylic acid groups (broad SMARTS) is 2. The predicted molar refractivity (Wildman–Crippen MR) is 77.5 cm³/mol. The summed E-state index contributed by atoms with van der Waals surface area (Å²) in [5.41, 5.74) is -2.96. The summed E-state index contributed by atoms with van der Waals surface area (Å²) >= 11 is 0. The minimum atomic E-state index is -2.09. The molecule has 0 aliphatic carbocycles. The third-order valence-electron chi connectivity index (χ3n) is 5.60. The van der Waals surface area contributed by atoms with Gasteiger partial charge in [-0.2, -0.15) is 0 Å². The highest BCUT2D eigenvalue weighted by atomic mass is 16.7. The van der Waals surface area contributed by atoms with Crippen molar-refractivity contribution in [3.63, 3.8) is 0 Å². The second-order valence-electron chi connectivity index (χ2n) is 7.37. The van der Waals surface area contributed by atoms with Crippen molar-refractivity contribution < 1.29 is 29.3 Å². The molecule has 0 radical (unpaired) electrons. The van der Waals surface area contributed by atoms with E-state index in [1.807, 2.05) is 34.6 Å². The van der Waals surface area contributed by atoms with Gasteiger partial charge in [-0.15, -0.1) is 0 Å². The lowest BCUT2D eigenvalue weighted by molar-refractivity contribution is -0.391. The molecule has 2 fully saturated rings. The maximum absolute atomic E-state index is 11.6. The van der Waals surface area contributed by atoms with Gasteiger partial charge in [-0.05, 0) is 20.8 Å². The molecule has 0 aromatic carbocycles. The van der Waals surface area contributed by atoms with Crippen molar-refractivity contribution in [1.29, 1.82) is 0 Å². The minimum Gasteiger partial charge on any atom is -0.479 e. The molecule has 2 aliphatic rings. The highest BCUT2D eigenvalue weighted by molar-refractivity contribution is 6.03. The molecule has 2 aliphatic heterocycles. The summed E-state index contributed by atoms with van der Waals surface area (Å²) in [6, 6.07) is 0. The number of carbonyl (C=O) groups is 2. The van der Waals surface area contributed by atoms with E-state index in [0.29, 0.717) is 6.42 Å². The molecule has 7 nitrogen and oxygen atoms in total. The van der Waals surface area contributed by atoms with Gasteiger partial charge in [0.25, 0.3) is 0 Å². The summed E-state index contributed by atoms with van der Waals surface area (Å²) in [6.07, 6.45) is -0.0668. The molecule has 2 rings (SSSR count). The molecule has 2 unspecified atom stereocenters. The van der Waals surface area contributed by atoms with Crippen molar-refractivity contribution in [3.05, 3.63) is 0 Å². The maximum atomic E-state index is 11.6. The van der Waals surface area contributed by atoms with Gasteiger partial charge < -0.3 is 19.7 Å². The van der Waals surface area contributed by atoms with Crippen LogP contribution >= 0.6 is 0 Å². The third kappa shape index (κ3) is 2.31. The Labute approximate surface area is 130 Å². The molecule has 0 aromatic rings. The molecule has 2 atom stereocenters. The Morgan fingerprint density at radius 2 is 1.68 bits per heavy atom. The van der Waals surface area contributed by atoms with Crippen LogP contribution in [0.25, 0.3) is 0 Å². The van der Waals surface area contributed by atoms with Crippen molar-refractivity contribution in [2.45, 2.75) is 70.5 Å². The van der Waals surface area contributed by atoms with E-state index in [-0.39, 0.29) is 24.5 Å². The van der Waals surface area contributed by atoms with E-state index in [4.69, 9.17) is 9.47 Å². The number of rotatable bonds is 2. The highest BCUT2D eigenvalue weighted by Crippen LogP contribution is 2.50. The quantitative estimate of drug-likeness (QED) is 0.658. The molecule has 126 valence electrons. The fraction of sp³-hybridized carbons (Fsp3) is 0.867. The molecule has 2 heterocycles. The van der Waals surface area contributed by atoms with Gasteiger partial charge in [0.05, 0.1) is 11.7 Å². The summed E-state index contributed by atoms with van der Waals surface area (Å²) in [6.45, 7) is 10.0. The van der Waals surface area contributed by atoms with Crippen LogP contribution in [0.5, 0.6) is 0 Å². The lowest BCUT2D eigenvalue weighted by Crippen LogP contribution is -2.71. The van der Waals surface area contributed by atoms with Crippen LogP contribution in [0.2, 0.25) is 0 Å². The van der Waals surface area contributed by atoms with E-state index in [2.05, 4.69) is 5.32 Å². The molecule has 0 amide bonds. The van der Waals surface area contributed by atoms with E-state index in [9.17, 15) is 19.8 Å².